The normalized spacial score (nSPS) is 15.4. The second-order valence-corrected chi connectivity index (χ2v) is 8.27. The standard InChI is InChI=1S/C22H30FN5S/c1-3-24-22(25-13-16-29-20-9-7-18(23)8-10-20)27-19-11-14-28(15-12-19)21-6-4-5-17(2)26-21/h4-10,19H,3,11-16H2,1-2H3,(H2,24,25,27). The molecule has 0 bridgehead atoms. The Morgan fingerprint density at radius 1 is 1.21 bits per heavy atom. The fourth-order valence-electron chi connectivity index (χ4n) is 3.32. The number of anilines is 1. The molecule has 3 rings (SSSR count). The number of pyridine rings is 1. The number of guanidine groups is 1. The fourth-order valence-corrected chi connectivity index (χ4v) is 4.07. The van der Waals surface area contributed by atoms with Crippen molar-refractivity contribution in [1.82, 2.24) is 15.6 Å². The van der Waals surface area contributed by atoms with Crippen LogP contribution in [0.3, 0.4) is 0 Å². The number of halogens is 1. The summed E-state index contributed by atoms with van der Waals surface area (Å²) < 4.78 is 13.0. The van der Waals surface area contributed by atoms with Crippen LogP contribution in [0.5, 0.6) is 0 Å². The van der Waals surface area contributed by atoms with E-state index in [-0.39, 0.29) is 5.82 Å². The zero-order valence-corrected chi connectivity index (χ0v) is 18.0. The molecular formula is C22H30FN5S. The van der Waals surface area contributed by atoms with Gasteiger partial charge in [-0.15, -0.1) is 11.8 Å². The monoisotopic (exact) mass is 415 g/mol. The van der Waals surface area contributed by atoms with E-state index in [0.29, 0.717) is 12.6 Å². The summed E-state index contributed by atoms with van der Waals surface area (Å²) in [5.74, 6) is 2.61. The maximum Gasteiger partial charge on any atom is 0.191 e. The number of thioether (sulfide) groups is 1. The van der Waals surface area contributed by atoms with Crippen molar-refractivity contribution in [3.63, 3.8) is 0 Å². The van der Waals surface area contributed by atoms with Gasteiger partial charge in [-0.1, -0.05) is 6.07 Å². The van der Waals surface area contributed by atoms with E-state index in [4.69, 9.17) is 4.99 Å². The lowest BCUT2D eigenvalue weighted by molar-refractivity contribution is 0.459. The minimum absolute atomic E-state index is 0.199. The summed E-state index contributed by atoms with van der Waals surface area (Å²) in [6.07, 6.45) is 2.12. The molecule has 1 aromatic heterocycles. The number of aromatic nitrogens is 1. The van der Waals surface area contributed by atoms with Crippen molar-refractivity contribution < 1.29 is 4.39 Å². The molecular weight excluding hydrogens is 385 g/mol. The van der Waals surface area contributed by atoms with Crippen LogP contribution in [0.2, 0.25) is 0 Å². The third kappa shape index (κ3) is 6.92. The van der Waals surface area contributed by atoms with Crippen molar-refractivity contribution in [3.8, 4) is 0 Å². The maximum absolute atomic E-state index is 13.0. The Labute approximate surface area is 177 Å². The molecule has 2 N–H and O–H groups in total. The van der Waals surface area contributed by atoms with Gasteiger partial charge in [0.25, 0.3) is 0 Å². The van der Waals surface area contributed by atoms with E-state index in [1.54, 1.807) is 11.8 Å². The number of nitrogens with one attached hydrogen (secondary N) is 2. The number of hydrogen-bond acceptors (Lipinski definition) is 4. The van der Waals surface area contributed by atoms with Gasteiger partial charge in [0.2, 0.25) is 0 Å². The molecule has 156 valence electrons. The molecule has 2 heterocycles. The number of hydrogen-bond donors (Lipinski definition) is 2. The molecule has 0 amide bonds. The van der Waals surface area contributed by atoms with Gasteiger partial charge in [0.1, 0.15) is 11.6 Å². The van der Waals surface area contributed by atoms with E-state index >= 15 is 0 Å². The number of piperidine rings is 1. The fraction of sp³-hybridized carbons (Fsp3) is 0.455. The lowest BCUT2D eigenvalue weighted by atomic mass is 10.1. The number of aliphatic imine (C=N–C) groups is 1. The third-order valence-corrected chi connectivity index (χ3v) is 5.81. The molecule has 0 radical (unpaired) electrons. The van der Waals surface area contributed by atoms with E-state index in [0.717, 1.165) is 60.6 Å². The summed E-state index contributed by atoms with van der Waals surface area (Å²) in [5, 5.41) is 6.92. The third-order valence-electron chi connectivity index (χ3n) is 4.82. The molecule has 1 aliphatic heterocycles. The van der Waals surface area contributed by atoms with Crippen molar-refractivity contribution in [2.75, 3.05) is 36.8 Å². The molecule has 1 fully saturated rings. The summed E-state index contributed by atoms with van der Waals surface area (Å²) in [5.41, 5.74) is 1.06. The van der Waals surface area contributed by atoms with E-state index in [1.807, 2.05) is 25.1 Å². The van der Waals surface area contributed by atoms with Crippen molar-refractivity contribution in [3.05, 3.63) is 54.0 Å². The van der Waals surface area contributed by atoms with Gasteiger partial charge in [-0.25, -0.2) is 9.37 Å². The number of aryl methyl sites for hydroxylation is 1. The minimum Gasteiger partial charge on any atom is -0.357 e. The zero-order chi connectivity index (χ0) is 20.5. The maximum atomic E-state index is 13.0. The molecule has 7 heteroatoms. The Morgan fingerprint density at radius 3 is 2.66 bits per heavy atom. The largest absolute Gasteiger partial charge is 0.357 e. The molecule has 1 saturated heterocycles. The predicted molar refractivity (Wildman–Crippen MR) is 120 cm³/mol. The highest BCUT2D eigenvalue weighted by Crippen LogP contribution is 2.19. The van der Waals surface area contributed by atoms with Crippen molar-refractivity contribution in [1.29, 1.82) is 0 Å². The quantitative estimate of drug-likeness (QED) is 0.311. The Hall–Kier alpha value is -2.28. The summed E-state index contributed by atoms with van der Waals surface area (Å²) in [6, 6.07) is 13.2. The van der Waals surface area contributed by atoms with Crippen molar-refractivity contribution in [2.45, 2.75) is 37.6 Å². The van der Waals surface area contributed by atoms with E-state index in [1.165, 1.54) is 12.1 Å². The van der Waals surface area contributed by atoms with Crippen molar-refractivity contribution >= 4 is 23.5 Å². The highest BCUT2D eigenvalue weighted by Gasteiger charge is 2.20. The van der Waals surface area contributed by atoms with Crippen LogP contribution in [0.1, 0.15) is 25.5 Å². The van der Waals surface area contributed by atoms with Gasteiger partial charge >= 0.3 is 0 Å². The molecule has 0 aliphatic carbocycles. The van der Waals surface area contributed by atoms with Gasteiger partial charge < -0.3 is 15.5 Å². The Bertz CT molecular complexity index is 788. The number of nitrogens with zero attached hydrogens (tertiary/aromatic N) is 3. The van der Waals surface area contributed by atoms with Crippen LogP contribution in [-0.4, -0.2) is 48.9 Å². The smallest absolute Gasteiger partial charge is 0.191 e. The van der Waals surface area contributed by atoms with Crippen LogP contribution in [0, 0.1) is 12.7 Å². The number of rotatable bonds is 7. The van der Waals surface area contributed by atoms with Crippen LogP contribution >= 0.6 is 11.8 Å². The highest BCUT2D eigenvalue weighted by atomic mass is 32.2. The Kier molecular flexibility index (Phi) is 8.16. The first kappa shape index (κ1) is 21.4. The molecule has 0 unspecified atom stereocenters. The molecule has 0 spiro atoms. The van der Waals surface area contributed by atoms with Crippen LogP contribution in [0.25, 0.3) is 0 Å². The van der Waals surface area contributed by atoms with Crippen LogP contribution in [-0.2, 0) is 0 Å². The van der Waals surface area contributed by atoms with E-state index in [9.17, 15) is 4.39 Å². The zero-order valence-electron chi connectivity index (χ0n) is 17.2. The highest BCUT2D eigenvalue weighted by molar-refractivity contribution is 7.99. The van der Waals surface area contributed by atoms with Crippen molar-refractivity contribution in [2.24, 2.45) is 4.99 Å². The SMILES string of the molecule is CCNC(=NCCSc1ccc(F)cc1)NC1CCN(c2cccc(C)n2)CC1. The molecule has 0 atom stereocenters. The lowest BCUT2D eigenvalue weighted by Gasteiger charge is -2.34. The average molecular weight is 416 g/mol. The average Bonchev–Trinajstić information content (AvgIpc) is 2.73. The van der Waals surface area contributed by atoms with Gasteiger partial charge in [-0.05, 0) is 63.1 Å². The summed E-state index contributed by atoms with van der Waals surface area (Å²) in [7, 11) is 0. The van der Waals surface area contributed by atoms with Crippen LogP contribution in [0.15, 0.2) is 52.4 Å². The van der Waals surface area contributed by atoms with E-state index < -0.39 is 0 Å². The van der Waals surface area contributed by atoms with Gasteiger partial charge in [-0.3, -0.25) is 4.99 Å². The summed E-state index contributed by atoms with van der Waals surface area (Å²) >= 11 is 1.69. The summed E-state index contributed by atoms with van der Waals surface area (Å²) in [6.45, 7) is 7.65. The Morgan fingerprint density at radius 2 is 1.97 bits per heavy atom. The topological polar surface area (TPSA) is 52.6 Å². The molecule has 2 aromatic rings. The molecule has 5 nitrogen and oxygen atoms in total. The summed E-state index contributed by atoms with van der Waals surface area (Å²) in [4.78, 5) is 12.8. The first-order valence-corrected chi connectivity index (χ1v) is 11.2. The van der Waals surface area contributed by atoms with Gasteiger partial charge in [-0.2, -0.15) is 0 Å². The first-order valence-electron chi connectivity index (χ1n) is 10.3. The molecule has 1 aliphatic rings. The van der Waals surface area contributed by atoms with Gasteiger partial charge in [0.05, 0.1) is 6.54 Å². The number of benzene rings is 1. The second kappa shape index (κ2) is 11.0. The first-order chi connectivity index (χ1) is 14.1. The van der Waals surface area contributed by atoms with Crippen LogP contribution < -0.4 is 15.5 Å². The van der Waals surface area contributed by atoms with Gasteiger partial charge in [0.15, 0.2) is 5.96 Å². The molecule has 29 heavy (non-hydrogen) atoms. The Balaban J connectivity index is 1.45. The lowest BCUT2D eigenvalue weighted by Crippen LogP contribution is -2.49. The molecule has 0 saturated carbocycles. The minimum atomic E-state index is -0.199. The van der Waals surface area contributed by atoms with E-state index in [2.05, 4.69) is 39.6 Å². The second-order valence-electron chi connectivity index (χ2n) is 7.11. The predicted octanol–water partition coefficient (Wildman–Crippen LogP) is 3.85. The molecule has 1 aromatic carbocycles. The van der Waals surface area contributed by atoms with Gasteiger partial charge in [0, 0.05) is 42.0 Å². The van der Waals surface area contributed by atoms with Crippen LogP contribution in [0.4, 0.5) is 10.2 Å².